The van der Waals surface area contributed by atoms with Crippen LogP contribution in [0.15, 0.2) is 24.0 Å². The third-order valence-electron chi connectivity index (χ3n) is 3.54. The van der Waals surface area contributed by atoms with E-state index in [1.54, 1.807) is 0 Å². The average Bonchev–Trinajstić information content (AvgIpc) is 2.28. The second-order valence-corrected chi connectivity index (χ2v) is 5.34. The maximum absolute atomic E-state index is 9.28. The minimum Gasteiger partial charge on any atom is -0.508 e. The molecule has 1 atom stereocenters. The molecule has 1 aliphatic rings. The third-order valence-corrected chi connectivity index (χ3v) is 3.54. The highest BCUT2D eigenvalue weighted by atomic mass is 16.3. The number of hydrogen-bond acceptors (Lipinski definition) is 1. The van der Waals surface area contributed by atoms with Crippen molar-refractivity contribution in [1.82, 2.24) is 0 Å². The highest BCUT2D eigenvalue weighted by molar-refractivity contribution is 5.20. The summed E-state index contributed by atoms with van der Waals surface area (Å²) in [6, 6.07) is 0. The molecule has 0 aliphatic heterocycles. The van der Waals surface area contributed by atoms with Crippen LogP contribution < -0.4 is 0 Å². The van der Waals surface area contributed by atoms with Crippen molar-refractivity contribution < 1.29 is 5.11 Å². The molecule has 1 unspecified atom stereocenters. The van der Waals surface area contributed by atoms with Gasteiger partial charge < -0.3 is 5.11 Å². The maximum Gasteiger partial charge on any atom is 0.111 e. The molecule has 0 fully saturated rings. The Kier molecular flexibility index (Phi) is 5.65. The topological polar surface area (TPSA) is 20.2 Å². The van der Waals surface area contributed by atoms with Gasteiger partial charge in [-0.05, 0) is 30.4 Å². The Morgan fingerprint density at radius 2 is 1.88 bits per heavy atom. The fourth-order valence-electron chi connectivity index (χ4n) is 2.25. The van der Waals surface area contributed by atoms with E-state index in [0.717, 1.165) is 6.42 Å². The summed E-state index contributed by atoms with van der Waals surface area (Å²) in [6.45, 7) is 4.55. The Balaban J connectivity index is 2.11. The lowest BCUT2D eigenvalue weighted by Crippen LogP contribution is -2.14. The predicted octanol–water partition coefficient (Wildman–Crippen LogP) is 5.15. The number of aliphatic hydroxyl groups excluding tert-OH is 1. The molecule has 0 aromatic carbocycles. The fraction of sp³-hybridized carbons (Fsp3) is 0.733. The number of hydrogen-bond donors (Lipinski definition) is 1. The lowest BCUT2D eigenvalue weighted by atomic mass is 9.79. The van der Waals surface area contributed by atoms with Crippen molar-refractivity contribution in [3.8, 4) is 0 Å². The molecule has 16 heavy (non-hydrogen) atoms. The van der Waals surface area contributed by atoms with Gasteiger partial charge >= 0.3 is 0 Å². The molecule has 0 spiro atoms. The highest BCUT2D eigenvalue weighted by Crippen LogP contribution is 2.34. The van der Waals surface area contributed by atoms with Gasteiger partial charge in [-0.2, -0.15) is 0 Å². The summed E-state index contributed by atoms with van der Waals surface area (Å²) < 4.78 is 0. The summed E-state index contributed by atoms with van der Waals surface area (Å²) >= 11 is 0. The van der Waals surface area contributed by atoms with Crippen LogP contribution in [0, 0.1) is 5.41 Å². The summed E-state index contributed by atoms with van der Waals surface area (Å²) in [5.41, 5.74) is 0.289. The van der Waals surface area contributed by atoms with E-state index < -0.39 is 0 Å². The van der Waals surface area contributed by atoms with Gasteiger partial charge in [0.1, 0.15) is 5.76 Å². The molecule has 0 saturated heterocycles. The SMILES string of the molecule is CCCCCCCCC1(C)C=CC(O)=CC1. The molecule has 92 valence electrons. The zero-order chi connectivity index (χ0) is 11.9. The largest absolute Gasteiger partial charge is 0.508 e. The number of aliphatic hydroxyl groups is 1. The van der Waals surface area contributed by atoms with Crippen molar-refractivity contribution in [2.75, 3.05) is 0 Å². The zero-order valence-electron chi connectivity index (χ0n) is 10.8. The summed E-state index contributed by atoms with van der Waals surface area (Å²) in [6.07, 6.45) is 16.4. The first-order valence-electron chi connectivity index (χ1n) is 6.75. The van der Waals surface area contributed by atoms with Crippen molar-refractivity contribution in [2.45, 2.75) is 65.2 Å². The first-order valence-corrected chi connectivity index (χ1v) is 6.75. The lowest BCUT2D eigenvalue weighted by Gasteiger charge is -2.27. The quantitative estimate of drug-likeness (QED) is 0.591. The Labute approximate surface area is 100 Å². The molecular formula is C15H26O. The van der Waals surface area contributed by atoms with Crippen molar-refractivity contribution in [1.29, 1.82) is 0 Å². The van der Waals surface area contributed by atoms with Crippen LogP contribution in [-0.4, -0.2) is 5.11 Å². The standard InChI is InChI=1S/C15H26O/c1-3-4-5-6-7-8-11-15(2)12-9-14(16)10-13-15/h9-10,12,16H,3-8,11,13H2,1-2H3. The highest BCUT2D eigenvalue weighted by Gasteiger charge is 2.21. The molecule has 1 N–H and O–H groups in total. The van der Waals surface area contributed by atoms with Gasteiger partial charge in [0.25, 0.3) is 0 Å². The molecular weight excluding hydrogens is 196 g/mol. The van der Waals surface area contributed by atoms with Crippen LogP contribution in [0.5, 0.6) is 0 Å². The monoisotopic (exact) mass is 222 g/mol. The summed E-state index contributed by atoms with van der Waals surface area (Å²) in [5, 5.41) is 9.28. The van der Waals surface area contributed by atoms with Gasteiger partial charge in [0.05, 0.1) is 0 Å². The van der Waals surface area contributed by atoms with Crippen molar-refractivity contribution in [3.63, 3.8) is 0 Å². The number of allylic oxidation sites excluding steroid dienone is 3. The van der Waals surface area contributed by atoms with Gasteiger partial charge in [-0.25, -0.2) is 0 Å². The van der Waals surface area contributed by atoms with E-state index >= 15 is 0 Å². The van der Waals surface area contributed by atoms with Crippen molar-refractivity contribution in [3.05, 3.63) is 24.0 Å². The van der Waals surface area contributed by atoms with Gasteiger partial charge in [-0.1, -0.05) is 58.4 Å². The molecule has 0 bridgehead atoms. The van der Waals surface area contributed by atoms with Crippen LogP contribution in [0.2, 0.25) is 0 Å². The first kappa shape index (κ1) is 13.3. The van der Waals surface area contributed by atoms with E-state index in [0.29, 0.717) is 5.76 Å². The van der Waals surface area contributed by atoms with E-state index in [9.17, 15) is 5.11 Å². The van der Waals surface area contributed by atoms with E-state index in [4.69, 9.17) is 0 Å². The summed E-state index contributed by atoms with van der Waals surface area (Å²) in [5.74, 6) is 0.431. The first-order chi connectivity index (χ1) is 7.66. The second kappa shape index (κ2) is 6.78. The predicted molar refractivity (Wildman–Crippen MR) is 70.6 cm³/mol. The number of unbranched alkanes of at least 4 members (excludes halogenated alkanes) is 5. The average molecular weight is 222 g/mol. The van der Waals surface area contributed by atoms with Gasteiger partial charge in [0.15, 0.2) is 0 Å². The molecule has 0 radical (unpaired) electrons. The molecule has 1 aliphatic carbocycles. The number of rotatable bonds is 7. The molecule has 0 aromatic heterocycles. The lowest BCUT2D eigenvalue weighted by molar-refractivity contribution is 0.349. The van der Waals surface area contributed by atoms with Crippen LogP contribution in [-0.2, 0) is 0 Å². The maximum atomic E-state index is 9.28. The molecule has 1 rings (SSSR count). The van der Waals surface area contributed by atoms with Gasteiger partial charge in [-0.3, -0.25) is 0 Å². The minimum atomic E-state index is 0.289. The molecule has 1 nitrogen and oxygen atoms in total. The van der Waals surface area contributed by atoms with Crippen LogP contribution in [0.3, 0.4) is 0 Å². The van der Waals surface area contributed by atoms with Gasteiger partial charge in [-0.15, -0.1) is 0 Å². The molecule has 0 heterocycles. The van der Waals surface area contributed by atoms with Crippen LogP contribution in [0.4, 0.5) is 0 Å². The molecule has 0 amide bonds. The van der Waals surface area contributed by atoms with Crippen molar-refractivity contribution in [2.24, 2.45) is 5.41 Å². The van der Waals surface area contributed by atoms with Crippen LogP contribution >= 0.6 is 0 Å². The smallest absolute Gasteiger partial charge is 0.111 e. The summed E-state index contributed by atoms with van der Waals surface area (Å²) in [7, 11) is 0. The fourth-order valence-corrected chi connectivity index (χ4v) is 2.25. The van der Waals surface area contributed by atoms with E-state index in [1.165, 1.54) is 44.9 Å². The summed E-state index contributed by atoms with van der Waals surface area (Å²) in [4.78, 5) is 0. The second-order valence-electron chi connectivity index (χ2n) is 5.34. The Hall–Kier alpha value is -0.720. The molecule has 0 aromatic rings. The Morgan fingerprint density at radius 1 is 1.19 bits per heavy atom. The van der Waals surface area contributed by atoms with E-state index in [2.05, 4.69) is 19.9 Å². The van der Waals surface area contributed by atoms with E-state index in [1.807, 2.05) is 12.2 Å². The van der Waals surface area contributed by atoms with Crippen LogP contribution in [0.25, 0.3) is 0 Å². The molecule has 0 saturated carbocycles. The minimum absolute atomic E-state index is 0.289. The van der Waals surface area contributed by atoms with E-state index in [-0.39, 0.29) is 5.41 Å². The van der Waals surface area contributed by atoms with Gasteiger partial charge in [0, 0.05) is 0 Å². The van der Waals surface area contributed by atoms with Crippen molar-refractivity contribution >= 4 is 0 Å². The Bertz CT molecular complexity index is 252. The normalized spacial score (nSPS) is 24.5. The molecule has 1 heteroatoms. The Morgan fingerprint density at radius 3 is 2.50 bits per heavy atom. The van der Waals surface area contributed by atoms with Gasteiger partial charge in [0.2, 0.25) is 0 Å². The zero-order valence-corrected chi connectivity index (χ0v) is 10.8. The third kappa shape index (κ3) is 4.87. The van der Waals surface area contributed by atoms with Crippen LogP contribution in [0.1, 0.15) is 65.2 Å².